The normalized spacial score (nSPS) is 15.1. The molecule has 0 radical (unpaired) electrons. The smallest absolute Gasteiger partial charge is 0.146 e. The average Bonchev–Trinajstić information content (AvgIpc) is 2.93. The number of benzene rings is 1. The molecule has 0 fully saturated rings. The van der Waals surface area contributed by atoms with Crippen molar-refractivity contribution in [1.82, 2.24) is 10.4 Å². The van der Waals surface area contributed by atoms with Gasteiger partial charge in [0, 0.05) is 11.8 Å². The van der Waals surface area contributed by atoms with Crippen LogP contribution in [0.25, 0.3) is 0 Å². The third-order valence-corrected chi connectivity index (χ3v) is 3.98. The first-order chi connectivity index (χ1) is 9.78. The summed E-state index contributed by atoms with van der Waals surface area (Å²) >= 11 is 0. The number of nitrogens with one attached hydrogen (secondary N) is 1. The van der Waals surface area contributed by atoms with Gasteiger partial charge in [0.15, 0.2) is 0 Å². The van der Waals surface area contributed by atoms with E-state index >= 15 is 0 Å². The lowest BCUT2D eigenvalue weighted by molar-refractivity contribution is 0.508. The van der Waals surface area contributed by atoms with Crippen molar-refractivity contribution in [3.63, 3.8) is 0 Å². The lowest BCUT2D eigenvalue weighted by Gasteiger charge is -2.17. The van der Waals surface area contributed by atoms with Gasteiger partial charge in [-0.15, -0.1) is 0 Å². The number of hydrogen-bond donors (Lipinski definition) is 2. The Kier molecular flexibility index (Phi) is 3.76. The lowest BCUT2D eigenvalue weighted by atomic mass is 9.97. The summed E-state index contributed by atoms with van der Waals surface area (Å²) in [5.74, 6) is 5.27. The maximum atomic E-state index is 13.8. The Morgan fingerprint density at radius 3 is 2.90 bits per heavy atom. The number of hydrogen-bond acceptors (Lipinski definition) is 3. The molecule has 0 aliphatic heterocycles. The third kappa shape index (κ3) is 2.57. The maximum Gasteiger partial charge on any atom is 0.146 e. The zero-order chi connectivity index (χ0) is 13.9. The van der Waals surface area contributed by atoms with Gasteiger partial charge in [0.25, 0.3) is 0 Å². The van der Waals surface area contributed by atoms with E-state index in [1.807, 2.05) is 0 Å². The fraction of sp³-hybridized carbons (Fsp3) is 0.312. The number of halogens is 1. The number of aryl methyl sites for hydroxylation is 2. The first kappa shape index (κ1) is 13.2. The number of nitrogens with two attached hydrogens (primary N) is 1. The van der Waals surface area contributed by atoms with Gasteiger partial charge in [0.05, 0.1) is 12.2 Å². The van der Waals surface area contributed by atoms with Crippen LogP contribution >= 0.6 is 0 Å². The molecule has 3 nitrogen and oxygen atoms in total. The van der Waals surface area contributed by atoms with Gasteiger partial charge in [-0.25, -0.2) is 4.39 Å². The zero-order valence-corrected chi connectivity index (χ0v) is 11.3. The monoisotopic (exact) mass is 271 g/mol. The largest absolute Gasteiger partial charge is 0.271 e. The second-order valence-corrected chi connectivity index (χ2v) is 5.28. The van der Waals surface area contributed by atoms with Crippen molar-refractivity contribution in [2.24, 2.45) is 5.84 Å². The minimum Gasteiger partial charge on any atom is -0.271 e. The summed E-state index contributed by atoms with van der Waals surface area (Å²) in [5, 5.41) is 0. The topological polar surface area (TPSA) is 50.9 Å². The van der Waals surface area contributed by atoms with Crippen LogP contribution in [0.4, 0.5) is 4.39 Å². The molecule has 1 aromatic heterocycles. The molecular formula is C16H18FN3. The van der Waals surface area contributed by atoms with Crippen molar-refractivity contribution in [3.8, 4) is 0 Å². The standard InChI is InChI=1S/C16H18FN3/c17-15-10-19-7-6-14(15)16(20-18)9-11-4-5-12-2-1-3-13(12)8-11/h4-8,10,16,20H,1-3,9,18H2. The minimum atomic E-state index is -0.323. The van der Waals surface area contributed by atoms with Gasteiger partial charge in [0.1, 0.15) is 5.82 Å². The van der Waals surface area contributed by atoms with E-state index in [4.69, 9.17) is 5.84 Å². The number of hydrazine groups is 1. The molecule has 1 aromatic carbocycles. The Balaban J connectivity index is 1.83. The second-order valence-electron chi connectivity index (χ2n) is 5.28. The Hall–Kier alpha value is -1.78. The molecule has 0 saturated heterocycles. The minimum absolute atomic E-state index is 0.238. The molecule has 1 atom stereocenters. The quantitative estimate of drug-likeness (QED) is 0.663. The van der Waals surface area contributed by atoms with Gasteiger partial charge in [-0.3, -0.25) is 16.3 Å². The molecule has 0 saturated carbocycles. The summed E-state index contributed by atoms with van der Waals surface area (Å²) in [6.45, 7) is 0. The molecule has 20 heavy (non-hydrogen) atoms. The van der Waals surface area contributed by atoms with E-state index in [0.29, 0.717) is 12.0 Å². The van der Waals surface area contributed by atoms with Crippen molar-refractivity contribution in [3.05, 3.63) is 64.7 Å². The van der Waals surface area contributed by atoms with Crippen LogP contribution in [-0.4, -0.2) is 4.98 Å². The van der Waals surface area contributed by atoms with Gasteiger partial charge >= 0.3 is 0 Å². The van der Waals surface area contributed by atoms with E-state index < -0.39 is 0 Å². The van der Waals surface area contributed by atoms with E-state index in [-0.39, 0.29) is 11.9 Å². The van der Waals surface area contributed by atoms with E-state index in [1.165, 1.54) is 35.7 Å². The number of pyridine rings is 1. The van der Waals surface area contributed by atoms with Gasteiger partial charge in [0.2, 0.25) is 0 Å². The second kappa shape index (κ2) is 5.69. The molecule has 1 aliphatic carbocycles. The molecule has 3 rings (SSSR count). The summed E-state index contributed by atoms with van der Waals surface area (Å²) in [6.07, 6.45) is 7.04. The van der Waals surface area contributed by atoms with Crippen LogP contribution in [0.15, 0.2) is 36.7 Å². The predicted octanol–water partition coefficient (Wildman–Crippen LogP) is 2.46. The number of fused-ring (bicyclic) bond motifs is 1. The van der Waals surface area contributed by atoms with Crippen molar-refractivity contribution in [1.29, 1.82) is 0 Å². The van der Waals surface area contributed by atoms with Crippen molar-refractivity contribution < 1.29 is 4.39 Å². The number of aromatic nitrogens is 1. The Morgan fingerprint density at radius 2 is 2.10 bits per heavy atom. The van der Waals surface area contributed by atoms with Gasteiger partial charge < -0.3 is 0 Å². The van der Waals surface area contributed by atoms with Crippen LogP contribution in [0.3, 0.4) is 0 Å². The van der Waals surface area contributed by atoms with E-state index in [9.17, 15) is 4.39 Å². The number of rotatable bonds is 4. The highest BCUT2D eigenvalue weighted by molar-refractivity contribution is 5.36. The van der Waals surface area contributed by atoms with Crippen LogP contribution in [0.2, 0.25) is 0 Å². The highest BCUT2D eigenvalue weighted by atomic mass is 19.1. The van der Waals surface area contributed by atoms with E-state index in [0.717, 1.165) is 6.42 Å². The molecule has 0 spiro atoms. The average molecular weight is 271 g/mol. The first-order valence-corrected chi connectivity index (χ1v) is 6.94. The van der Waals surface area contributed by atoms with Crippen molar-refractivity contribution in [2.75, 3.05) is 0 Å². The Bertz CT molecular complexity index is 612. The molecule has 0 bridgehead atoms. The lowest BCUT2D eigenvalue weighted by Crippen LogP contribution is -2.30. The third-order valence-electron chi connectivity index (χ3n) is 3.98. The molecule has 3 N–H and O–H groups in total. The van der Waals surface area contributed by atoms with Crippen LogP contribution < -0.4 is 11.3 Å². The van der Waals surface area contributed by atoms with Crippen molar-refractivity contribution in [2.45, 2.75) is 31.7 Å². The van der Waals surface area contributed by atoms with Gasteiger partial charge in [-0.2, -0.15) is 0 Å². The maximum absolute atomic E-state index is 13.8. The predicted molar refractivity (Wildman–Crippen MR) is 76.4 cm³/mol. The summed E-state index contributed by atoms with van der Waals surface area (Å²) < 4.78 is 13.8. The van der Waals surface area contributed by atoms with Crippen LogP contribution in [0.5, 0.6) is 0 Å². The fourth-order valence-corrected chi connectivity index (χ4v) is 2.92. The molecule has 1 aliphatic rings. The van der Waals surface area contributed by atoms with Crippen LogP contribution in [0, 0.1) is 5.82 Å². The van der Waals surface area contributed by atoms with E-state index in [1.54, 1.807) is 12.3 Å². The molecule has 2 aromatic rings. The Labute approximate surface area is 118 Å². The highest BCUT2D eigenvalue weighted by Gasteiger charge is 2.17. The SMILES string of the molecule is NNC(Cc1ccc2c(c1)CCC2)c1ccncc1F. The molecule has 1 unspecified atom stereocenters. The Morgan fingerprint density at radius 1 is 1.25 bits per heavy atom. The van der Waals surface area contributed by atoms with Crippen molar-refractivity contribution >= 4 is 0 Å². The molecule has 1 heterocycles. The van der Waals surface area contributed by atoms with Crippen LogP contribution in [0.1, 0.15) is 34.7 Å². The molecule has 104 valence electrons. The van der Waals surface area contributed by atoms with Crippen LogP contribution in [-0.2, 0) is 19.3 Å². The van der Waals surface area contributed by atoms with Gasteiger partial charge in [-0.05, 0) is 48.4 Å². The summed E-state index contributed by atoms with van der Waals surface area (Å²) in [6, 6.07) is 7.97. The summed E-state index contributed by atoms with van der Waals surface area (Å²) in [5.41, 5.74) is 7.32. The zero-order valence-electron chi connectivity index (χ0n) is 11.3. The molecule has 0 amide bonds. The van der Waals surface area contributed by atoms with E-state index in [2.05, 4.69) is 28.6 Å². The molecule has 4 heteroatoms. The molecular weight excluding hydrogens is 253 g/mol. The van der Waals surface area contributed by atoms with Gasteiger partial charge in [-0.1, -0.05) is 18.2 Å². The first-order valence-electron chi connectivity index (χ1n) is 6.94. The highest BCUT2D eigenvalue weighted by Crippen LogP contribution is 2.26. The number of nitrogens with zero attached hydrogens (tertiary/aromatic N) is 1. The summed E-state index contributed by atoms with van der Waals surface area (Å²) in [7, 11) is 0. The fourth-order valence-electron chi connectivity index (χ4n) is 2.92. The summed E-state index contributed by atoms with van der Waals surface area (Å²) in [4.78, 5) is 3.77.